The van der Waals surface area contributed by atoms with Gasteiger partial charge >= 0.3 is 0 Å². The van der Waals surface area contributed by atoms with E-state index in [0.29, 0.717) is 5.56 Å². The summed E-state index contributed by atoms with van der Waals surface area (Å²) in [6.07, 6.45) is 3.23. The zero-order valence-electron chi connectivity index (χ0n) is 13.3. The van der Waals surface area contributed by atoms with Crippen molar-refractivity contribution in [2.24, 2.45) is 10.8 Å². The number of likely N-dealkylation sites (tertiary alicyclic amines) is 1. The average molecular weight is 302 g/mol. The van der Waals surface area contributed by atoms with Crippen LogP contribution >= 0.6 is 0 Å². The maximum atomic E-state index is 12.8. The Bertz CT molecular complexity index is 623. The molecule has 1 amide bonds. The lowest BCUT2D eigenvalue weighted by atomic mass is 9.65. The van der Waals surface area contributed by atoms with E-state index in [2.05, 4.69) is 20.8 Å². The highest BCUT2D eigenvalue weighted by molar-refractivity contribution is 5.95. The van der Waals surface area contributed by atoms with Gasteiger partial charge in [0.1, 0.15) is 0 Å². The fourth-order valence-corrected chi connectivity index (χ4v) is 4.59. The maximum Gasteiger partial charge on any atom is 0.269 e. The Labute approximate surface area is 130 Å². The molecule has 22 heavy (non-hydrogen) atoms. The SMILES string of the molecule is CC1(C)C[C@@H]2C[C@@](C)(CN2C(=O)c2ccc([N+](=O)[O-])cc2)C1. The van der Waals surface area contributed by atoms with E-state index in [0.717, 1.165) is 25.8 Å². The van der Waals surface area contributed by atoms with Gasteiger partial charge in [-0.15, -0.1) is 0 Å². The standard InChI is InChI=1S/C17H22N2O3/c1-16(2)8-14-9-17(3,10-16)11-18(14)15(20)12-4-6-13(7-5-12)19(21)22/h4-7,14H,8-11H2,1-3H3/t14-,17-/m1/s1. The normalized spacial score (nSPS) is 29.4. The summed E-state index contributed by atoms with van der Waals surface area (Å²) in [5.41, 5.74) is 1.02. The Morgan fingerprint density at radius 2 is 1.86 bits per heavy atom. The van der Waals surface area contributed by atoms with Gasteiger partial charge in [-0.3, -0.25) is 14.9 Å². The van der Waals surface area contributed by atoms with Crippen molar-refractivity contribution < 1.29 is 9.72 Å². The van der Waals surface area contributed by atoms with E-state index >= 15 is 0 Å². The average Bonchev–Trinajstić information content (AvgIpc) is 2.67. The van der Waals surface area contributed by atoms with Gasteiger partial charge in [-0.2, -0.15) is 0 Å². The molecule has 0 N–H and O–H groups in total. The first-order valence-corrected chi connectivity index (χ1v) is 7.75. The Balaban J connectivity index is 1.83. The van der Waals surface area contributed by atoms with Gasteiger partial charge in [-0.05, 0) is 42.2 Å². The van der Waals surface area contributed by atoms with E-state index < -0.39 is 4.92 Å². The summed E-state index contributed by atoms with van der Waals surface area (Å²) in [5.74, 6) is 0.00122. The van der Waals surface area contributed by atoms with Crippen LogP contribution in [0.3, 0.4) is 0 Å². The Morgan fingerprint density at radius 3 is 2.45 bits per heavy atom. The van der Waals surface area contributed by atoms with E-state index in [1.807, 2.05) is 4.90 Å². The fraction of sp³-hybridized carbons (Fsp3) is 0.588. The summed E-state index contributed by atoms with van der Waals surface area (Å²) in [6, 6.07) is 6.23. The largest absolute Gasteiger partial charge is 0.335 e. The van der Waals surface area contributed by atoms with Crippen LogP contribution in [-0.2, 0) is 0 Å². The highest BCUT2D eigenvalue weighted by Crippen LogP contribution is 2.52. The molecule has 5 heteroatoms. The number of carbonyl (C=O) groups excluding carboxylic acids is 1. The van der Waals surface area contributed by atoms with Gasteiger partial charge in [0.25, 0.3) is 11.6 Å². The summed E-state index contributed by atoms with van der Waals surface area (Å²) in [5, 5.41) is 10.7. The van der Waals surface area contributed by atoms with E-state index in [-0.39, 0.29) is 28.5 Å². The number of non-ortho nitro benzene ring substituents is 1. The van der Waals surface area contributed by atoms with E-state index in [9.17, 15) is 14.9 Å². The lowest BCUT2D eigenvalue weighted by Crippen LogP contribution is -2.37. The van der Waals surface area contributed by atoms with Crippen molar-refractivity contribution in [1.82, 2.24) is 4.90 Å². The molecule has 1 heterocycles. The smallest absolute Gasteiger partial charge is 0.269 e. The minimum absolute atomic E-state index is 0.00122. The summed E-state index contributed by atoms with van der Waals surface area (Å²) >= 11 is 0. The number of amides is 1. The van der Waals surface area contributed by atoms with Gasteiger partial charge in [0.05, 0.1) is 4.92 Å². The molecule has 2 atom stereocenters. The van der Waals surface area contributed by atoms with Crippen molar-refractivity contribution in [2.75, 3.05) is 6.54 Å². The number of benzene rings is 1. The molecule has 1 saturated carbocycles. The highest BCUT2D eigenvalue weighted by atomic mass is 16.6. The molecule has 1 aromatic rings. The van der Waals surface area contributed by atoms with E-state index in [1.54, 1.807) is 12.1 Å². The van der Waals surface area contributed by atoms with Crippen molar-refractivity contribution >= 4 is 11.6 Å². The van der Waals surface area contributed by atoms with Crippen molar-refractivity contribution in [3.63, 3.8) is 0 Å². The first kappa shape index (κ1) is 15.0. The third kappa shape index (κ3) is 2.60. The molecule has 118 valence electrons. The number of rotatable bonds is 2. The number of nitro groups is 1. The predicted molar refractivity (Wildman–Crippen MR) is 83.7 cm³/mol. The van der Waals surface area contributed by atoms with Gasteiger partial charge < -0.3 is 4.90 Å². The summed E-state index contributed by atoms with van der Waals surface area (Å²) in [4.78, 5) is 25.0. The zero-order chi connectivity index (χ0) is 16.1. The topological polar surface area (TPSA) is 63.5 Å². The zero-order valence-corrected chi connectivity index (χ0v) is 13.3. The van der Waals surface area contributed by atoms with Crippen LogP contribution < -0.4 is 0 Å². The predicted octanol–water partition coefficient (Wildman–Crippen LogP) is 3.64. The van der Waals surface area contributed by atoms with Gasteiger partial charge in [0.2, 0.25) is 0 Å². The van der Waals surface area contributed by atoms with Crippen molar-refractivity contribution in [3.05, 3.63) is 39.9 Å². The quantitative estimate of drug-likeness (QED) is 0.619. The van der Waals surface area contributed by atoms with E-state index in [4.69, 9.17) is 0 Å². The van der Waals surface area contributed by atoms with Crippen molar-refractivity contribution in [1.29, 1.82) is 0 Å². The number of hydrogen-bond acceptors (Lipinski definition) is 3. The van der Waals surface area contributed by atoms with Crippen LogP contribution in [0.15, 0.2) is 24.3 Å². The lowest BCUT2D eigenvalue weighted by molar-refractivity contribution is -0.384. The molecular formula is C17H22N2O3. The fourth-order valence-electron chi connectivity index (χ4n) is 4.59. The Morgan fingerprint density at radius 1 is 1.23 bits per heavy atom. The monoisotopic (exact) mass is 302 g/mol. The summed E-state index contributed by atoms with van der Waals surface area (Å²) < 4.78 is 0. The molecule has 1 saturated heterocycles. The van der Waals surface area contributed by atoms with Crippen molar-refractivity contribution in [3.8, 4) is 0 Å². The van der Waals surface area contributed by atoms with Crippen molar-refractivity contribution in [2.45, 2.75) is 46.1 Å². The Hall–Kier alpha value is -1.91. The number of nitrogens with zero attached hydrogens (tertiary/aromatic N) is 2. The van der Waals surface area contributed by atoms with Crippen LogP contribution in [0.2, 0.25) is 0 Å². The van der Waals surface area contributed by atoms with Crippen LogP contribution in [-0.4, -0.2) is 28.3 Å². The molecule has 5 nitrogen and oxygen atoms in total. The number of fused-ring (bicyclic) bond motifs is 2. The van der Waals surface area contributed by atoms with Crippen LogP contribution in [0.4, 0.5) is 5.69 Å². The van der Waals surface area contributed by atoms with Gasteiger partial charge in [0.15, 0.2) is 0 Å². The van der Waals surface area contributed by atoms with Crippen LogP contribution in [0.5, 0.6) is 0 Å². The third-order valence-corrected chi connectivity index (χ3v) is 5.00. The summed E-state index contributed by atoms with van der Waals surface area (Å²) in [7, 11) is 0. The minimum atomic E-state index is -0.444. The van der Waals surface area contributed by atoms with E-state index in [1.165, 1.54) is 12.1 Å². The lowest BCUT2D eigenvalue weighted by Gasteiger charge is -2.39. The van der Waals surface area contributed by atoms with Gasteiger partial charge in [-0.25, -0.2) is 0 Å². The molecule has 3 rings (SSSR count). The second kappa shape index (κ2) is 4.80. The second-order valence-electron chi connectivity index (χ2n) is 7.95. The van der Waals surface area contributed by atoms with Gasteiger partial charge in [-0.1, -0.05) is 20.8 Å². The molecule has 1 aliphatic carbocycles. The Kier molecular flexibility index (Phi) is 3.27. The molecule has 2 fully saturated rings. The maximum absolute atomic E-state index is 12.8. The minimum Gasteiger partial charge on any atom is -0.335 e. The molecular weight excluding hydrogens is 280 g/mol. The molecule has 0 unspecified atom stereocenters. The molecule has 2 aliphatic rings. The van der Waals surface area contributed by atoms with Gasteiger partial charge in [0, 0.05) is 30.3 Å². The molecule has 0 radical (unpaired) electrons. The first-order chi connectivity index (χ1) is 10.2. The number of carbonyl (C=O) groups is 1. The second-order valence-corrected chi connectivity index (χ2v) is 7.95. The third-order valence-electron chi connectivity index (χ3n) is 5.00. The molecule has 0 aromatic heterocycles. The van der Waals surface area contributed by atoms with Crippen LogP contribution in [0, 0.1) is 20.9 Å². The van der Waals surface area contributed by atoms with Crippen LogP contribution in [0.1, 0.15) is 50.4 Å². The van der Waals surface area contributed by atoms with Crippen LogP contribution in [0.25, 0.3) is 0 Å². The number of hydrogen-bond donors (Lipinski definition) is 0. The molecule has 1 aliphatic heterocycles. The molecule has 0 spiro atoms. The number of nitro benzene ring substituents is 1. The summed E-state index contributed by atoms with van der Waals surface area (Å²) in [6.45, 7) is 7.61. The first-order valence-electron chi connectivity index (χ1n) is 7.75. The molecule has 2 bridgehead atoms. The highest BCUT2D eigenvalue weighted by Gasteiger charge is 2.50. The molecule has 1 aromatic carbocycles.